The molecular weight excluding hydrogens is 851 g/mol. The third-order valence-corrected chi connectivity index (χ3v) is 15.2. The summed E-state index contributed by atoms with van der Waals surface area (Å²) in [6.45, 7) is 4.98. The Bertz CT molecular complexity index is 990. The monoisotopic (exact) mass is 976 g/mol. The number of esters is 1. The van der Waals surface area contributed by atoms with Crippen LogP contribution in [0, 0.1) is 0 Å². The van der Waals surface area contributed by atoms with Crippen LogP contribution in [0.3, 0.4) is 0 Å². The van der Waals surface area contributed by atoms with Crippen LogP contribution in [0.4, 0.5) is 0 Å². The van der Waals surface area contributed by atoms with Gasteiger partial charge in [0.2, 0.25) is 5.91 Å². The normalized spacial score (nSPS) is 12.5. The Labute approximate surface area is 432 Å². The predicted octanol–water partition coefficient (Wildman–Crippen LogP) is 19.9. The number of carbonyl (C=O) groups excluding carboxylic acids is 2. The molecule has 0 fully saturated rings. The average molecular weight is 977 g/mol. The van der Waals surface area contributed by atoms with Crippen LogP contribution < -0.4 is 5.32 Å². The first-order valence-corrected chi connectivity index (χ1v) is 31.8. The zero-order valence-electron chi connectivity index (χ0n) is 47.1. The van der Waals surface area contributed by atoms with Crippen molar-refractivity contribution in [3.63, 3.8) is 0 Å². The first kappa shape index (κ1) is 67.9. The summed E-state index contributed by atoms with van der Waals surface area (Å²) in [6, 6.07) is -0.541. The summed E-state index contributed by atoms with van der Waals surface area (Å²) >= 11 is 0. The molecule has 0 heterocycles. The topological polar surface area (TPSA) is 95.9 Å². The van der Waals surface area contributed by atoms with E-state index in [-0.39, 0.29) is 18.5 Å². The highest BCUT2D eigenvalue weighted by Gasteiger charge is 2.20. The van der Waals surface area contributed by atoms with Crippen molar-refractivity contribution in [3.05, 3.63) is 0 Å². The number of ether oxygens (including phenoxy) is 1. The molecule has 69 heavy (non-hydrogen) atoms. The highest BCUT2D eigenvalue weighted by Crippen LogP contribution is 2.19. The van der Waals surface area contributed by atoms with Gasteiger partial charge in [-0.25, -0.2) is 0 Å². The molecule has 0 aliphatic rings. The Morgan fingerprint density at radius 2 is 0.594 bits per heavy atom. The number of aliphatic hydroxyl groups excluding tert-OH is 2. The molecule has 6 nitrogen and oxygen atoms in total. The fourth-order valence-corrected chi connectivity index (χ4v) is 10.3. The van der Waals surface area contributed by atoms with Crippen molar-refractivity contribution >= 4 is 11.9 Å². The first-order valence-electron chi connectivity index (χ1n) is 31.8. The molecule has 0 aliphatic carbocycles. The first-order chi connectivity index (χ1) is 34.0. The van der Waals surface area contributed by atoms with Crippen molar-refractivity contribution in [2.24, 2.45) is 0 Å². The van der Waals surface area contributed by atoms with Crippen LogP contribution in [-0.4, -0.2) is 47.4 Å². The van der Waals surface area contributed by atoms with Crippen molar-refractivity contribution < 1.29 is 24.5 Å². The predicted molar refractivity (Wildman–Crippen MR) is 301 cm³/mol. The van der Waals surface area contributed by atoms with Gasteiger partial charge in [0.1, 0.15) is 0 Å². The molecule has 2 unspecified atom stereocenters. The van der Waals surface area contributed by atoms with Gasteiger partial charge in [0.15, 0.2) is 0 Å². The lowest BCUT2D eigenvalue weighted by Crippen LogP contribution is -2.45. The van der Waals surface area contributed by atoms with E-state index in [4.69, 9.17) is 4.74 Å². The van der Waals surface area contributed by atoms with E-state index in [1.54, 1.807) is 0 Å². The summed E-state index contributed by atoms with van der Waals surface area (Å²) < 4.78 is 5.47. The quantitative estimate of drug-likeness (QED) is 0.0417. The van der Waals surface area contributed by atoms with Gasteiger partial charge < -0.3 is 20.3 Å². The smallest absolute Gasteiger partial charge is 0.305 e. The van der Waals surface area contributed by atoms with E-state index in [9.17, 15) is 19.8 Å². The number of nitrogens with one attached hydrogen (secondary N) is 1. The molecule has 3 N–H and O–H groups in total. The lowest BCUT2D eigenvalue weighted by molar-refractivity contribution is -0.143. The third-order valence-electron chi connectivity index (χ3n) is 15.2. The molecule has 2 atom stereocenters. The Kier molecular flexibility index (Phi) is 58.4. The van der Waals surface area contributed by atoms with E-state index in [0.29, 0.717) is 25.9 Å². The van der Waals surface area contributed by atoms with Crippen LogP contribution in [0.25, 0.3) is 0 Å². The van der Waals surface area contributed by atoms with E-state index in [2.05, 4.69) is 19.2 Å². The minimum atomic E-state index is -0.664. The molecular formula is C63H125NO5. The van der Waals surface area contributed by atoms with Gasteiger partial charge in [-0.1, -0.05) is 328 Å². The minimum absolute atomic E-state index is 0.0141. The molecule has 0 aromatic rings. The van der Waals surface area contributed by atoms with Gasteiger partial charge in [-0.3, -0.25) is 9.59 Å². The number of hydrogen-bond acceptors (Lipinski definition) is 5. The highest BCUT2D eigenvalue weighted by atomic mass is 16.5. The van der Waals surface area contributed by atoms with Crippen molar-refractivity contribution in [1.82, 2.24) is 5.32 Å². The number of unbranched alkanes of at least 4 members (excludes halogenated alkanes) is 49. The summed E-state index contributed by atoms with van der Waals surface area (Å²) in [5.41, 5.74) is 0. The lowest BCUT2D eigenvalue weighted by atomic mass is 10.0. The van der Waals surface area contributed by atoms with Crippen molar-refractivity contribution in [3.8, 4) is 0 Å². The molecule has 0 saturated carbocycles. The van der Waals surface area contributed by atoms with E-state index < -0.39 is 12.1 Å². The summed E-state index contributed by atoms with van der Waals surface area (Å²) in [7, 11) is 0. The van der Waals surface area contributed by atoms with Crippen LogP contribution >= 0.6 is 0 Å². The average Bonchev–Trinajstić information content (AvgIpc) is 3.35. The van der Waals surface area contributed by atoms with Gasteiger partial charge in [-0.15, -0.1) is 0 Å². The molecule has 0 aromatic heterocycles. The van der Waals surface area contributed by atoms with Gasteiger partial charge in [0.05, 0.1) is 25.4 Å². The van der Waals surface area contributed by atoms with Gasteiger partial charge in [-0.2, -0.15) is 0 Å². The van der Waals surface area contributed by atoms with Crippen LogP contribution in [0.2, 0.25) is 0 Å². The zero-order chi connectivity index (χ0) is 50.0. The Hall–Kier alpha value is -1.14. The highest BCUT2D eigenvalue weighted by molar-refractivity contribution is 5.76. The molecule has 0 rings (SSSR count). The summed E-state index contributed by atoms with van der Waals surface area (Å²) in [5.74, 6) is -0.0167. The van der Waals surface area contributed by atoms with Gasteiger partial charge in [0, 0.05) is 12.8 Å². The molecule has 1 amide bonds. The Balaban J connectivity index is 3.37. The maximum Gasteiger partial charge on any atom is 0.305 e. The number of aliphatic hydroxyl groups is 2. The van der Waals surface area contributed by atoms with Crippen LogP contribution in [0.5, 0.6) is 0 Å². The van der Waals surface area contributed by atoms with E-state index >= 15 is 0 Å². The second-order valence-electron chi connectivity index (χ2n) is 22.1. The van der Waals surface area contributed by atoms with Crippen LogP contribution in [0.15, 0.2) is 0 Å². The lowest BCUT2D eigenvalue weighted by Gasteiger charge is -2.22. The van der Waals surface area contributed by atoms with Crippen molar-refractivity contribution in [1.29, 1.82) is 0 Å². The van der Waals surface area contributed by atoms with Crippen molar-refractivity contribution in [2.75, 3.05) is 13.2 Å². The maximum atomic E-state index is 12.5. The second-order valence-corrected chi connectivity index (χ2v) is 22.1. The fourth-order valence-electron chi connectivity index (χ4n) is 10.3. The van der Waals surface area contributed by atoms with Crippen LogP contribution in [0.1, 0.15) is 367 Å². The Morgan fingerprint density at radius 1 is 0.348 bits per heavy atom. The molecule has 0 radical (unpaired) electrons. The maximum absolute atomic E-state index is 12.5. The van der Waals surface area contributed by atoms with E-state index in [0.717, 1.165) is 38.5 Å². The van der Waals surface area contributed by atoms with Gasteiger partial charge in [-0.05, 0) is 25.7 Å². The molecule has 6 heteroatoms. The number of rotatable bonds is 60. The van der Waals surface area contributed by atoms with Crippen molar-refractivity contribution in [2.45, 2.75) is 379 Å². The fraction of sp³-hybridized carbons (Fsp3) is 0.968. The van der Waals surface area contributed by atoms with Gasteiger partial charge >= 0.3 is 5.97 Å². The largest absolute Gasteiger partial charge is 0.466 e. The number of amides is 1. The minimum Gasteiger partial charge on any atom is -0.466 e. The zero-order valence-corrected chi connectivity index (χ0v) is 47.1. The summed E-state index contributed by atoms with van der Waals surface area (Å²) in [5, 5.41) is 23.4. The molecule has 412 valence electrons. The Morgan fingerprint density at radius 3 is 0.884 bits per heavy atom. The molecule has 0 bridgehead atoms. The standard InChI is InChI=1S/C63H125NO5/c1-3-5-7-9-11-13-15-16-17-18-23-26-29-32-36-39-43-47-51-55-61(66)60(59-65)64-62(67)56-52-48-44-40-37-33-30-27-24-21-19-20-22-25-28-31-34-38-42-46-50-54-58-69-63(68)57-53-49-45-41-35-14-12-10-8-6-4-2/h60-61,65-66H,3-59H2,1-2H3,(H,64,67). The molecule has 0 saturated heterocycles. The second kappa shape index (κ2) is 59.4. The summed E-state index contributed by atoms with van der Waals surface area (Å²) in [6.07, 6.45) is 69.7. The van der Waals surface area contributed by atoms with E-state index in [1.165, 1.54) is 295 Å². The number of carbonyl (C=O) groups is 2. The van der Waals surface area contributed by atoms with Gasteiger partial charge in [0.25, 0.3) is 0 Å². The third kappa shape index (κ3) is 56.0. The van der Waals surface area contributed by atoms with E-state index in [1.807, 2.05) is 0 Å². The van der Waals surface area contributed by atoms with Crippen LogP contribution in [-0.2, 0) is 14.3 Å². The number of hydrogen-bond donors (Lipinski definition) is 3. The molecule has 0 aromatic carbocycles. The molecule has 0 spiro atoms. The SMILES string of the molecule is CCCCCCCCCCCCCCCCCCCCCC(O)C(CO)NC(=O)CCCCCCCCCCCCCCCCCCCCCCCCOC(=O)CCCCCCCCCCCCC. The molecule has 0 aliphatic heterocycles. The summed E-state index contributed by atoms with van der Waals surface area (Å²) in [4.78, 5) is 24.5.